The van der Waals surface area contributed by atoms with Crippen LogP contribution in [0.15, 0.2) is 12.3 Å². The van der Waals surface area contributed by atoms with E-state index in [1.807, 2.05) is 6.07 Å². The molecular formula is C15H22N4O2. The Kier molecular flexibility index (Phi) is 4.34. The van der Waals surface area contributed by atoms with E-state index in [1.54, 1.807) is 18.0 Å². The van der Waals surface area contributed by atoms with Gasteiger partial charge in [0, 0.05) is 25.7 Å². The molecule has 0 radical (unpaired) electrons. The number of rotatable bonds is 3. The lowest BCUT2D eigenvalue weighted by Crippen LogP contribution is -2.43. The summed E-state index contributed by atoms with van der Waals surface area (Å²) in [6.45, 7) is 3.23. The highest BCUT2D eigenvalue weighted by Crippen LogP contribution is 2.24. The molecule has 1 saturated heterocycles. The van der Waals surface area contributed by atoms with Gasteiger partial charge in [0.15, 0.2) is 5.82 Å². The Labute approximate surface area is 124 Å². The maximum atomic E-state index is 11.7. The quantitative estimate of drug-likeness (QED) is 0.918. The van der Waals surface area contributed by atoms with Crippen LogP contribution in [0.25, 0.3) is 0 Å². The SMILES string of the molecule is CC(=O)N1CCOCC1c1nccc(NC2CCCC2)n1. The van der Waals surface area contributed by atoms with Gasteiger partial charge in [-0.25, -0.2) is 9.97 Å². The van der Waals surface area contributed by atoms with E-state index in [9.17, 15) is 4.79 Å². The van der Waals surface area contributed by atoms with E-state index in [1.165, 1.54) is 25.7 Å². The van der Waals surface area contributed by atoms with Crippen LogP contribution in [0.2, 0.25) is 0 Å². The summed E-state index contributed by atoms with van der Waals surface area (Å²) in [6.07, 6.45) is 6.72. The molecular weight excluding hydrogens is 268 g/mol. The molecule has 2 heterocycles. The van der Waals surface area contributed by atoms with Crippen molar-refractivity contribution in [1.82, 2.24) is 14.9 Å². The first-order valence-electron chi connectivity index (χ1n) is 7.68. The van der Waals surface area contributed by atoms with Crippen LogP contribution in [0.1, 0.15) is 44.5 Å². The Morgan fingerprint density at radius 3 is 3.00 bits per heavy atom. The third kappa shape index (κ3) is 3.32. The fourth-order valence-corrected chi connectivity index (χ4v) is 3.09. The number of hydrogen-bond acceptors (Lipinski definition) is 5. The summed E-state index contributed by atoms with van der Waals surface area (Å²) in [5.74, 6) is 1.55. The second kappa shape index (κ2) is 6.39. The summed E-state index contributed by atoms with van der Waals surface area (Å²) in [4.78, 5) is 22.5. The molecule has 1 unspecified atom stereocenters. The summed E-state index contributed by atoms with van der Waals surface area (Å²) in [5, 5.41) is 3.47. The van der Waals surface area contributed by atoms with Crippen molar-refractivity contribution in [2.45, 2.75) is 44.7 Å². The lowest BCUT2D eigenvalue weighted by Gasteiger charge is -2.33. The molecule has 1 aromatic rings. The van der Waals surface area contributed by atoms with Crippen LogP contribution in [0.5, 0.6) is 0 Å². The number of nitrogens with zero attached hydrogens (tertiary/aromatic N) is 3. The van der Waals surface area contributed by atoms with Crippen molar-refractivity contribution >= 4 is 11.7 Å². The van der Waals surface area contributed by atoms with Crippen molar-refractivity contribution in [2.24, 2.45) is 0 Å². The average Bonchev–Trinajstić information content (AvgIpc) is 3.00. The Hall–Kier alpha value is -1.69. The summed E-state index contributed by atoms with van der Waals surface area (Å²) in [6, 6.07) is 2.23. The van der Waals surface area contributed by atoms with Gasteiger partial charge in [-0.1, -0.05) is 12.8 Å². The predicted octanol–water partition coefficient (Wildman–Crippen LogP) is 1.75. The van der Waals surface area contributed by atoms with Crippen molar-refractivity contribution in [3.63, 3.8) is 0 Å². The normalized spacial score (nSPS) is 23.3. The fraction of sp³-hybridized carbons (Fsp3) is 0.667. The molecule has 1 aliphatic carbocycles. The van der Waals surface area contributed by atoms with Crippen LogP contribution in [0.3, 0.4) is 0 Å². The second-order valence-electron chi connectivity index (χ2n) is 5.73. The maximum Gasteiger partial charge on any atom is 0.220 e. The minimum Gasteiger partial charge on any atom is -0.377 e. The molecule has 0 spiro atoms. The summed E-state index contributed by atoms with van der Waals surface area (Å²) >= 11 is 0. The van der Waals surface area contributed by atoms with Crippen LogP contribution in [0.4, 0.5) is 5.82 Å². The summed E-state index contributed by atoms with van der Waals surface area (Å²) < 4.78 is 5.50. The van der Waals surface area contributed by atoms with Crippen LogP contribution < -0.4 is 5.32 Å². The highest BCUT2D eigenvalue weighted by Gasteiger charge is 2.29. The zero-order valence-corrected chi connectivity index (χ0v) is 12.4. The number of morpholine rings is 1. The zero-order valence-electron chi connectivity index (χ0n) is 12.4. The predicted molar refractivity (Wildman–Crippen MR) is 78.9 cm³/mol. The Morgan fingerprint density at radius 2 is 2.24 bits per heavy atom. The van der Waals surface area contributed by atoms with E-state index in [-0.39, 0.29) is 11.9 Å². The van der Waals surface area contributed by atoms with Crippen molar-refractivity contribution in [3.8, 4) is 0 Å². The van der Waals surface area contributed by atoms with Gasteiger partial charge in [-0.3, -0.25) is 4.79 Å². The van der Waals surface area contributed by atoms with Gasteiger partial charge in [-0.05, 0) is 18.9 Å². The maximum absolute atomic E-state index is 11.7. The molecule has 2 aliphatic rings. The number of carbonyl (C=O) groups is 1. The average molecular weight is 290 g/mol. The first-order valence-corrected chi connectivity index (χ1v) is 7.68. The molecule has 0 bridgehead atoms. The molecule has 114 valence electrons. The smallest absolute Gasteiger partial charge is 0.220 e. The van der Waals surface area contributed by atoms with Gasteiger partial charge in [-0.2, -0.15) is 0 Å². The number of carbonyl (C=O) groups excluding carboxylic acids is 1. The van der Waals surface area contributed by atoms with Crippen molar-refractivity contribution in [3.05, 3.63) is 18.1 Å². The number of amides is 1. The van der Waals surface area contributed by atoms with E-state index in [2.05, 4.69) is 15.3 Å². The standard InChI is InChI=1S/C15H22N4O2/c1-11(20)19-8-9-21-10-13(19)15-16-7-6-14(18-15)17-12-4-2-3-5-12/h6-7,12-13H,2-5,8-10H2,1H3,(H,16,17,18). The first-order chi connectivity index (χ1) is 10.2. The molecule has 1 N–H and O–H groups in total. The number of nitrogens with one attached hydrogen (secondary N) is 1. The highest BCUT2D eigenvalue weighted by molar-refractivity contribution is 5.73. The van der Waals surface area contributed by atoms with Crippen LogP contribution in [0, 0.1) is 0 Å². The van der Waals surface area contributed by atoms with Gasteiger partial charge in [-0.15, -0.1) is 0 Å². The van der Waals surface area contributed by atoms with E-state index in [0.717, 1.165) is 5.82 Å². The van der Waals surface area contributed by atoms with E-state index < -0.39 is 0 Å². The van der Waals surface area contributed by atoms with Crippen LogP contribution in [-0.4, -0.2) is 46.6 Å². The minimum atomic E-state index is -0.179. The molecule has 1 amide bonds. The minimum absolute atomic E-state index is 0.0426. The van der Waals surface area contributed by atoms with Crippen LogP contribution >= 0.6 is 0 Å². The largest absolute Gasteiger partial charge is 0.377 e. The van der Waals surface area contributed by atoms with E-state index in [0.29, 0.717) is 31.6 Å². The Balaban J connectivity index is 1.75. The molecule has 1 aliphatic heterocycles. The molecule has 6 nitrogen and oxygen atoms in total. The van der Waals surface area contributed by atoms with Crippen molar-refractivity contribution in [2.75, 3.05) is 25.1 Å². The molecule has 6 heteroatoms. The first kappa shape index (κ1) is 14.3. The van der Waals surface area contributed by atoms with Crippen molar-refractivity contribution < 1.29 is 9.53 Å². The lowest BCUT2D eigenvalue weighted by atomic mass is 10.2. The Bertz CT molecular complexity index is 502. The number of ether oxygens (including phenoxy) is 1. The van der Waals surface area contributed by atoms with Crippen molar-refractivity contribution in [1.29, 1.82) is 0 Å². The van der Waals surface area contributed by atoms with Gasteiger partial charge >= 0.3 is 0 Å². The van der Waals surface area contributed by atoms with Gasteiger partial charge < -0.3 is 15.0 Å². The second-order valence-corrected chi connectivity index (χ2v) is 5.73. The molecule has 1 saturated carbocycles. The summed E-state index contributed by atoms with van der Waals surface area (Å²) in [5.41, 5.74) is 0. The lowest BCUT2D eigenvalue weighted by molar-refractivity contribution is -0.138. The van der Waals surface area contributed by atoms with Gasteiger partial charge in [0.25, 0.3) is 0 Å². The third-order valence-electron chi connectivity index (χ3n) is 4.21. The van der Waals surface area contributed by atoms with E-state index >= 15 is 0 Å². The number of anilines is 1. The molecule has 1 aromatic heterocycles. The van der Waals surface area contributed by atoms with E-state index in [4.69, 9.17) is 4.74 Å². The fourth-order valence-electron chi connectivity index (χ4n) is 3.09. The summed E-state index contributed by atoms with van der Waals surface area (Å²) in [7, 11) is 0. The Morgan fingerprint density at radius 1 is 1.43 bits per heavy atom. The number of aromatic nitrogens is 2. The van der Waals surface area contributed by atoms with Gasteiger partial charge in [0.1, 0.15) is 11.9 Å². The zero-order chi connectivity index (χ0) is 14.7. The third-order valence-corrected chi connectivity index (χ3v) is 4.21. The number of hydrogen-bond donors (Lipinski definition) is 1. The molecule has 3 rings (SSSR count). The molecule has 1 atom stereocenters. The molecule has 21 heavy (non-hydrogen) atoms. The van der Waals surface area contributed by atoms with Gasteiger partial charge in [0.05, 0.1) is 13.2 Å². The van der Waals surface area contributed by atoms with Crippen LogP contribution in [-0.2, 0) is 9.53 Å². The van der Waals surface area contributed by atoms with Gasteiger partial charge in [0.2, 0.25) is 5.91 Å². The topological polar surface area (TPSA) is 67.4 Å². The molecule has 2 fully saturated rings. The highest BCUT2D eigenvalue weighted by atomic mass is 16.5. The monoisotopic (exact) mass is 290 g/mol. The molecule has 0 aromatic carbocycles.